The molecule has 22 heavy (non-hydrogen) atoms. The molecule has 0 spiro atoms. The SMILES string of the molecule is CCOC(=O)c1ccc(S(=O)(=O)N2C[C@H]3CNC[C@H]3C2)o1.Cl. The predicted octanol–water partition coefficient (Wildman–Crippen LogP) is 0.718. The average Bonchev–Trinajstić information content (AvgIpc) is 3.14. The number of ether oxygens (including phenoxy) is 1. The highest BCUT2D eigenvalue weighted by Crippen LogP contribution is 2.31. The summed E-state index contributed by atoms with van der Waals surface area (Å²) in [5.74, 6) is -0.0172. The van der Waals surface area contributed by atoms with Gasteiger partial charge in [0.15, 0.2) is 0 Å². The van der Waals surface area contributed by atoms with E-state index >= 15 is 0 Å². The Morgan fingerprint density at radius 3 is 2.59 bits per heavy atom. The molecule has 1 N–H and O–H groups in total. The number of rotatable bonds is 4. The molecular formula is C13H19ClN2O5S. The van der Waals surface area contributed by atoms with E-state index in [4.69, 9.17) is 9.15 Å². The summed E-state index contributed by atoms with van der Waals surface area (Å²) in [7, 11) is -3.68. The summed E-state index contributed by atoms with van der Waals surface area (Å²) in [5, 5.41) is 3.07. The summed E-state index contributed by atoms with van der Waals surface area (Å²) >= 11 is 0. The Hall–Kier alpha value is -1.09. The zero-order valence-corrected chi connectivity index (χ0v) is 13.8. The molecular weight excluding hydrogens is 332 g/mol. The molecule has 2 saturated heterocycles. The third-order valence-corrected chi connectivity index (χ3v) is 5.71. The number of nitrogens with one attached hydrogen (secondary N) is 1. The highest BCUT2D eigenvalue weighted by molar-refractivity contribution is 7.89. The molecule has 3 rings (SSSR count). The van der Waals surface area contributed by atoms with Crippen LogP contribution in [0.25, 0.3) is 0 Å². The number of sulfonamides is 1. The lowest BCUT2D eigenvalue weighted by molar-refractivity contribution is 0.0484. The second kappa shape index (κ2) is 6.57. The molecule has 0 saturated carbocycles. The third kappa shape index (κ3) is 3.01. The zero-order chi connectivity index (χ0) is 15.0. The standard InChI is InChI=1S/C13H18N2O5S.ClH/c1-2-19-13(16)11-3-4-12(20-11)21(17,18)15-7-9-5-14-6-10(9)8-15;/h3-4,9-10,14H,2,5-8H2,1H3;1H/t9-,10+;. The van der Waals surface area contributed by atoms with Gasteiger partial charge in [-0.2, -0.15) is 4.31 Å². The summed E-state index contributed by atoms with van der Waals surface area (Å²) in [6, 6.07) is 2.65. The van der Waals surface area contributed by atoms with Crippen molar-refractivity contribution in [2.24, 2.45) is 11.8 Å². The lowest BCUT2D eigenvalue weighted by atomic mass is 10.0. The van der Waals surface area contributed by atoms with Crippen molar-refractivity contribution in [3.63, 3.8) is 0 Å². The van der Waals surface area contributed by atoms with Crippen molar-refractivity contribution in [2.45, 2.75) is 12.0 Å². The minimum absolute atomic E-state index is 0. The first kappa shape index (κ1) is 17.3. The van der Waals surface area contributed by atoms with Crippen molar-refractivity contribution in [3.8, 4) is 0 Å². The number of nitrogens with zero attached hydrogens (tertiary/aromatic N) is 1. The minimum atomic E-state index is -3.68. The number of hydrogen-bond donors (Lipinski definition) is 1. The first-order valence-electron chi connectivity index (χ1n) is 7.00. The topological polar surface area (TPSA) is 88.9 Å². The van der Waals surface area contributed by atoms with E-state index in [2.05, 4.69) is 5.32 Å². The Bertz CT molecular complexity index is 633. The van der Waals surface area contributed by atoms with Crippen LogP contribution in [0.3, 0.4) is 0 Å². The molecule has 2 atom stereocenters. The number of furan rings is 1. The number of hydrogen-bond acceptors (Lipinski definition) is 6. The fourth-order valence-electron chi connectivity index (χ4n) is 2.91. The van der Waals surface area contributed by atoms with Crippen LogP contribution in [0.4, 0.5) is 0 Å². The Labute approximate surface area is 135 Å². The molecule has 0 unspecified atom stereocenters. The van der Waals surface area contributed by atoms with Gasteiger partial charge in [0.2, 0.25) is 10.9 Å². The van der Waals surface area contributed by atoms with Gasteiger partial charge in [-0.15, -0.1) is 12.4 Å². The highest BCUT2D eigenvalue weighted by atomic mass is 35.5. The van der Waals surface area contributed by atoms with Gasteiger partial charge in [-0.3, -0.25) is 0 Å². The van der Waals surface area contributed by atoms with Gasteiger partial charge in [-0.05, 0) is 44.0 Å². The molecule has 9 heteroatoms. The maximum atomic E-state index is 12.5. The van der Waals surface area contributed by atoms with Crippen LogP contribution in [0, 0.1) is 11.8 Å². The maximum absolute atomic E-state index is 12.5. The summed E-state index contributed by atoms with van der Waals surface area (Å²) in [5.41, 5.74) is 0. The van der Waals surface area contributed by atoms with E-state index in [0.29, 0.717) is 24.9 Å². The van der Waals surface area contributed by atoms with Crippen LogP contribution in [0.1, 0.15) is 17.5 Å². The molecule has 0 aromatic carbocycles. The summed E-state index contributed by atoms with van der Waals surface area (Å²) in [4.78, 5) is 11.5. The van der Waals surface area contributed by atoms with Gasteiger partial charge in [-0.25, -0.2) is 13.2 Å². The van der Waals surface area contributed by atoms with Crippen LogP contribution >= 0.6 is 12.4 Å². The van der Waals surface area contributed by atoms with Crippen molar-refractivity contribution in [2.75, 3.05) is 32.8 Å². The normalized spacial score (nSPS) is 24.8. The quantitative estimate of drug-likeness (QED) is 0.805. The van der Waals surface area contributed by atoms with Crippen molar-refractivity contribution >= 4 is 28.4 Å². The molecule has 2 aliphatic rings. The fraction of sp³-hybridized carbons (Fsp3) is 0.615. The monoisotopic (exact) mass is 350 g/mol. The molecule has 7 nitrogen and oxygen atoms in total. The Balaban J connectivity index is 0.00000176. The van der Waals surface area contributed by atoms with E-state index < -0.39 is 16.0 Å². The highest BCUT2D eigenvalue weighted by Gasteiger charge is 2.42. The van der Waals surface area contributed by atoms with Crippen molar-refractivity contribution in [3.05, 3.63) is 17.9 Å². The molecule has 1 aromatic rings. The first-order valence-corrected chi connectivity index (χ1v) is 8.44. The smallest absolute Gasteiger partial charge is 0.374 e. The van der Waals surface area contributed by atoms with Gasteiger partial charge >= 0.3 is 5.97 Å². The molecule has 2 fully saturated rings. The van der Waals surface area contributed by atoms with E-state index in [0.717, 1.165) is 13.1 Å². The van der Waals surface area contributed by atoms with Crippen LogP contribution in [0.5, 0.6) is 0 Å². The van der Waals surface area contributed by atoms with E-state index in [1.54, 1.807) is 6.92 Å². The van der Waals surface area contributed by atoms with Crippen molar-refractivity contribution in [1.29, 1.82) is 0 Å². The Kier molecular flexibility index (Phi) is 5.16. The molecule has 0 amide bonds. The zero-order valence-electron chi connectivity index (χ0n) is 12.1. The second-order valence-electron chi connectivity index (χ2n) is 5.34. The van der Waals surface area contributed by atoms with Gasteiger partial charge in [-0.1, -0.05) is 0 Å². The first-order chi connectivity index (χ1) is 10.0. The van der Waals surface area contributed by atoms with E-state index in [-0.39, 0.29) is 29.9 Å². The van der Waals surface area contributed by atoms with Gasteiger partial charge in [0.1, 0.15) is 0 Å². The van der Waals surface area contributed by atoms with Gasteiger partial charge < -0.3 is 14.5 Å². The molecule has 1 aromatic heterocycles. The molecule has 124 valence electrons. The number of esters is 1. The maximum Gasteiger partial charge on any atom is 0.374 e. The van der Waals surface area contributed by atoms with Crippen molar-refractivity contribution < 1.29 is 22.4 Å². The molecule has 0 radical (unpaired) electrons. The predicted molar refractivity (Wildman–Crippen MR) is 80.5 cm³/mol. The van der Waals surface area contributed by atoms with E-state index in [1.165, 1.54) is 16.4 Å². The van der Waals surface area contributed by atoms with Crippen LogP contribution in [0.2, 0.25) is 0 Å². The lowest BCUT2D eigenvalue weighted by Crippen LogP contribution is -2.31. The lowest BCUT2D eigenvalue weighted by Gasteiger charge is -2.15. The average molecular weight is 351 g/mol. The number of fused-ring (bicyclic) bond motifs is 1. The van der Waals surface area contributed by atoms with Crippen LogP contribution < -0.4 is 5.32 Å². The van der Waals surface area contributed by atoms with Crippen LogP contribution in [0.15, 0.2) is 21.6 Å². The van der Waals surface area contributed by atoms with Gasteiger partial charge in [0, 0.05) is 13.1 Å². The van der Waals surface area contributed by atoms with E-state index in [1.807, 2.05) is 0 Å². The summed E-state index contributed by atoms with van der Waals surface area (Å²) < 4.78 is 36.4. The van der Waals surface area contributed by atoms with Crippen LogP contribution in [-0.2, 0) is 14.8 Å². The van der Waals surface area contributed by atoms with E-state index in [9.17, 15) is 13.2 Å². The number of carbonyl (C=O) groups is 1. The summed E-state index contributed by atoms with van der Waals surface area (Å²) in [6.07, 6.45) is 0. The number of halogens is 1. The molecule has 3 heterocycles. The van der Waals surface area contributed by atoms with Gasteiger partial charge in [0.05, 0.1) is 6.61 Å². The summed E-state index contributed by atoms with van der Waals surface area (Å²) in [6.45, 7) is 4.58. The molecule has 0 aliphatic carbocycles. The van der Waals surface area contributed by atoms with Crippen LogP contribution in [-0.4, -0.2) is 51.5 Å². The fourth-order valence-corrected chi connectivity index (χ4v) is 4.37. The largest absolute Gasteiger partial charge is 0.460 e. The Morgan fingerprint density at radius 2 is 2.00 bits per heavy atom. The number of carbonyl (C=O) groups excluding carboxylic acids is 1. The minimum Gasteiger partial charge on any atom is -0.460 e. The second-order valence-corrected chi connectivity index (χ2v) is 7.21. The Morgan fingerprint density at radius 1 is 1.36 bits per heavy atom. The molecule has 2 aliphatic heterocycles. The van der Waals surface area contributed by atoms with Crippen molar-refractivity contribution in [1.82, 2.24) is 9.62 Å². The third-order valence-electron chi connectivity index (χ3n) is 4.01. The van der Waals surface area contributed by atoms with Gasteiger partial charge in [0.25, 0.3) is 10.0 Å². The molecule has 0 bridgehead atoms.